The number of fused-ring (bicyclic) bond motifs is 2. The van der Waals surface area contributed by atoms with Crippen molar-refractivity contribution >= 4 is 37.2 Å². The topological polar surface area (TPSA) is 124 Å². The Morgan fingerprint density at radius 2 is 1.41 bits per heavy atom. The van der Waals surface area contributed by atoms with E-state index in [0.29, 0.717) is 71.8 Å². The molecule has 2 N–H and O–H groups in total. The number of anilines is 1. The Labute approximate surface area is 242 Å². The highest BCUT2D eigenvalue weighted by Crippen LogP contribution is 2.35. The molecule has 0 bridgehead atoms. The Bertz CT molecular complexity index is 1180. The maximum absolute atomic E-state index is 13.3. The molecule has 2 aromatic rings. The molecule has 3 rings (SSSR count). The van der Waals surface area contributed by atoms with Crippen LogP contribution in [-0.4, -0.2) is 76.2 Å². The van der Waals surface area contributed by atoms with Crippen LogP contribution in [0.2, 0.25) is 0 Å². The van der Waals surface area contributed by atoms with E-state index in [1.54, 1.807) is 0 Å². The zero-order valence-electron chi connectivity index (χ0n) is 23.7. The van der Waals surface area contributed by atoms with Gasteiger partial charge in [-0.05, 0) is 35.6 Å². The fourth-order valence-electron chi connectivity index (χ4n) is 4.23. The van der Waals surface area contributed by atoms with Crippen LogP contribution in [0.3, 0.4) is 0 Å². The van der Waals surface area contributed by atoms with Crippen LogP contribution in [0, 0.1) is 0 Å². The minimum atomic E-state index is -3.46. The maximum Gasteiger partial charge on any atom is 0.325 e. The quantitative estimate of drug-likeness (QED) is 0.196. The molecule has 2 amide bonds. The number of para-hydroxylation sites is 1. The molecule has 0 saturated carbocycles. The molecule has 1 unspecified atom stereocenters. The molecule has 1 aliphatic rings. The van der Waals surface area contributed by atoms with Crippen LogP contribution in [0.4, 0.5) is 5.69 Å². The average Bonchev–Trinajstić information content (AvgIpc) is 2.94. The lowest BCUT2D eigenvalue weighted by atomic mass is 10.0. The van der Waals surface area contributed by atoms with Crippen molar-refractivity contribution in [3.8, 4) is 0 Å². The van der Waals surface area contributed by atoms with Crippen molar-refractivity contribution < 1.29 is 37.8 Å². The summed E-state index contributed by atoms with van der Waals surface area (Å²) < 4.78 is 31.7. The van der Waals surface area contributed by atoms with Crippen LogP contribution in [0.15, 0.2) is 48.5 Å². The minimum absolute atomic E-state index is 0.0499. The fourth-order valence-corrected chi connectivity index (χ4v) is 4.64. The van der Waals surface area contributed by atoms with Gasteiger partial charge >= 0.3 is 7.60 Å². The zero-order valence-corrected chi connectivity index (χ0v) is 24.6. The molecule has 0 aromatic heterocycles. The lowest BCUT2D eigenvalue weighted by Crippen LogP contribution is -2.31. The molecular formula is C30H41N2O8P. The van der Waals surface area contributed by atoms with E-state index < -0.39 is 7.60 Å². The molecule has 1 aliphatic heterocycles. The zero-order chi connectivity index (χ0) is 29.3. The summed E-state index contributed by atoms with van der Waals surface area (Å²) >= 11 is 0. The van der Waals surface area contributed by atoms with Gasteiger partial charge in [0.15, 0.2) is 0 Å². The van der Waals surface area contributed by atoms with E-state index in [1.165, 1.54) is 0 Å². The van der Waals surface area contributed by atoms with E-state index in [9.17, 15) is 14.2 Å². The van der Waals surface area contributed by atoms with Crippen LogP contribution in [0.1, 0.15) is 42.4 Å². The molecule has 1 heterocycles. The number of amides is 2. The van der Waals surface area contributed by atoms with Crippen LogP contribution in [0.25, 0.3) is 12.2 Å². The molecule has 0 saturated heterocycles. The second kappa shape index (κ2) is 17.9. The van der Waals surface area contributed by atoms with E-state index in [2.05, 4.69) is 29.6 Å². The van der Waals surface area contributed by atoms with E-state index in [4.69, 9.17) is 23.6 Å². The van der Waals surface area contributed by atoms with Crippen molar-refractivity contribution in [2.75, 3.05) is 64.4 Å². The lowest BCUT2D eigenvalue weighted by Gasteiger charge is -2.27. The van der Waals surface area contributed by atoms with Crippen molar-refractivity contribution in [3.05, 3.63) is 65.2 Å². The van der Waals surface area contributed by atoms with Crippen molar-refractivity contribution in [2.24, 2.45) is 0 Å². The maximum atomic E-state index is 13.3. The van der Waals surface area contributed by atoms with Crippen LogP contribution < -0.4 is 10.2 Å². The summed E-state index contributed by atoms with van der Waals surface area (Å²) in [7, 11) is -3.46. The number of carbonyl (C=O) groups is 2. The SMILES string of the molecule is CP(=O)(O)OCCOCCOCCOCCNC(=O)CCCCC(=O)N1Cc2ccccc2/C=C\c2ccccc21. The predicted molar refractivity (Wildman–Crippen MR) is 159 cm³/mol. The first-order valence-electron chi connectivity index (χ1n) is 13.9. The van der Waals surface area contributed by atoms with Gasteiger partial charge in [-0.25, -0.2) is 0 Å². The number of hydrogen-bond acceptors (Lipinski definition) is 7. The fraction of sp³-hybridized carbons (Fsp3) is 0.467. The monoisotopic (exact) mass is 588 g/mol. The summed E-state index contributed by atoms with van der Waals surface area (Å²) in [6, 6.07) is 16.0. The smallest absolute Gasteiger partial charge is 0.325 e. The average molecular weight is 589 g/mol. The molecule has 0 fully saturated rings. The van der Waals surface area contributed by atoms with Gasteiger partial charge in [-0.2, -0.15) is 0 Å². The number of nitrogens with one attached hydrogen (secondary N) is 1. The van der Waals surface area contributed by atoms with Crippen molar-refractivity contribution in [1.82, 2.24) is 5.32 Å². The summed E-state index contributed by atoms with van der Waals surface area (Å²) in [6.45, 7) is 4.21. The first kappa shape index (κ1) is 32.7. The Morgan fingerprint density at radius 3 is 2.15 bits per heavy atom. The third-order valence-corrected chi connectivity index (χ3v) is 6.93. The third kappa shape index (κ3) is 12.7. The second-order valence-electron chi connectivity index (χ2n) is 9.60. The van der Waals surface area contributed by atoms with Gasteiger partial charge in [-0.15, -0.1) is 0 Å². The summed E-state index contributed by atoms with van der Waals surface area (Å²) in [4.78, 5) is 36.3. The number of hydrogen-bond donors (Lipinski definition) is 2. The number of ether oxygens (including phenoxy) is 3. The van der Waals surface area contributed by atoms with Gasteiger partial charge in [-0.1, -0.05) is 54.6 Å². The Kier molecular flexibility index (Phi) is 14.2. The molecule has 224 valence electrons. The van der Waals surface area contributed by atoms with E-state index in [0.717, 1.165) is 29.0 Å². The third-order valence-electron chi connectivity index (χ3n) is 6.27. The van der Waals surface area contributed by atoms with Gasteiger partial charge in [0, 0.05) is 26.1 Å². The summed E-state index contributed by atoms with van der Waals surface area (Å²) in [6.07, 6.45) is 6.14. The molecule has 0 radical (unpaired) electrons. The number of nitrogens with zero attached hydrogens (tertiary/aromatic N) is 1. The Morgan fingerprint density at radius 1 is 0.829 bits per heavy atom. The summed E-state index contributed by atoms with van der Waals surface area (Å²) in [5.41, 5.74) is 4.12. The minimum Gasteiger partial charge on any atom is -0.377 e. The van der Waals surface area contributed by atoms with Crippen molar-refractivity contribution in [3.63, 3.8) is 0 Å². The molecular weight excluding hydrogens is 547 g/mol. The Hall–Kier alpha value is -2.85. The predicted octanol–water partition coefficient (Wildman–Crippen LogP) is 4.26. The number of unbranched alkanes of at least 4 members (excludes halogenated alkanes) is 1. The molecule has 41 heavy (non-hydrogen) atoms. The van der Waals surface area contributed by atoms with Crippen molar-refractivity contribution in [1.29, 1.82) is 0 Å². The number of rotatable bonds is 18. The van der Waals surface area contributed by atoms with Crippen molar-refractivity contribution in [2.45, 2.75) is 32.2 Å². The molecule has 11 heteroatoms. The van der Waals surface area contributed by atoms with E-state index >= 15 is 0 Å². The van der Waals surface area contributed by atoms with E-state index in [1.807, 2.05) is 41.3 Å². The van der Waals surface area contributed by atoms with Gasteiger partial charge < -0.3 is 33.8 Å². The highest BCUT2D eigenvalue weighted by Gasteiger charge is 2.20. The Balaban J connectivity index is 1.23. The van der Waals surface area contributed by atoms with Gasteiger partial charge in [0.1, 0.15) is 0 Å². The van der Waals surface area contributed by atoms with Crippen LogP contribution in [0.5, 0.6) is 0 Å². The molecule has 0 aliphatic carbocycles. The summed E-state index contributed by atoms with van der Waals surface area (Å²) in [5, 5.41) is 2.84. The molecule has 2 aromatic carbocycles. The number of carbonyl (C=O) groups excluding carboxylic acids is 2. The largest absolute Gasteiger partial charge is 0.377 e. The normalized spacial score (nSPS) is 14.7. The first-order chi connectivity index (χ1) is 19.8. The lowest BCUT2D eigenvalue weighted by molar-refractivity contribution is -0.122. The summed E-state index contributed by atoms with van der Waals surface area (Å²) in [5.74, 6) is -0.0106. The van der Waals surface area contributed by atoms with Gasteiger partial charge in [-0.3, -0.25) is 14.2 Å². The van der Waals surface area contributed by atoms with Gasteiger partial charge in [0.2, 0.25) is 11.8 Å². The highest BCUT2D eigenvalue weighted by molar-refractivity contribution is 7.51. The van der Waals surface area contributed by atoms with Gasteiger partial charge in [0.25, 0.3) is 0 Å². The molecule has 10 nitrogen and oxygen atoms in total. The molecule has 1 atom stereocenters. The van der Waals surface area contributed by atoms with Crippen LogP contribution >= 0.6 is 7.60 Å². The second-order valence-corrected chi connectivity index (χ2v) is 11.5. The molecule has 0 spiro atoms. The van der Waals surface area contributed by atoms with E-state index in [-0.39, 0.29) is 25.0 Å². The van der Waals surface area contributed by atoms with Crippen LogP contribution in [-0.2, 0) is 39.4 Å². The highest BCUT2D eigenvalue weighted by atomic mass is 31.2. The first-order valence-corrected chi connectivity index (χ1v) is 16.0. The number of benzene rings is 2. The van der Waals surface area contributed by atoms with Gasteiger partial charge in [0.05, 0.1) is 58.5 Å². The standard InChI is InChI=1S/C30H41N2O8P/c1-41(35,36)40-23-22-39-21-20-38-19-18-37-17-16-31-29(33)12-6-7-13-30(34)32-24-27-10-3-2-8-25(27)14-15-26-9-4-5-11-28(26)32/h2-5,8-11,14-15H,6-7,12-13,16-24H2,1H3,(H,31,33)(H,35,36)/b15-14-.